The zero-order chi connectivity index (χ0) is 17.1. The van der Waals surface area contributed by atoms with E-state index in [1.807, 2.05) is 35.2 Å². The molecule has 1 aromatic carbocycles. The van der Waals surface area contributed by atoms with Gasteiger partial charge in [-0.2, -0.15) is 4.98 Å². The summed E-state index contributed by atoms with van der Waals surface area (Å²) < 4.78 is 11.0. The predicted octanol–water partition coefficient (Wildman–Crippen LogP) is 3.22. The van der Waals surface area contributed by atoms with Crippen LogP contribution in [0.25, 0.3) is 0 Å². The minimum Gasteiger partial charge on any atom is -0.376 e. The summed E-state index contributed by atoms with van der Waals surface area (Å²) in [5.74, 6) is 1.95. The summed E-state index contributed by atoms with van der Waals surface area (Å²) in [6.45, 7) is 1.72. The highest BCUT2D eigenvalue weighted by Crippen LogP contribution is 2.40. The summed E-state index contributed by atoms with van der Waals surface area (Å²) in [5.41, 5.74) is 1.12. The number of ether oxygens (including phenoxy) is 1. The van der Waals surface area contributed by atoms with E-state index in [0.29, 0.717) is 31.4 Å². The van der Waals surface area contributed by atoms with Crippen LogP contribution in [0.15, 0.2) is 34.9 Å². The molecule has 2 aliphatic rings. The van der Waals surface area contributed by atoms with Gasteiger partial charge in [-0.15, -0.1) is 0 Å². The first-order chi connectivity index (χ1) is 12.3. The van der Waals surface area contributed by atoms with Gasteiger partial charge in [0.05, 0.1) is 25.7 Å². The Morgan fingerprint density at radius 3 is 2.88 bits per heavy atom. The van der Waals surface area contributed by atoms with Gasteiger partial charge < -0.3 is 14.2 Å². The Hall–Kier alpha value is -2.21. The van der Waals surface area contributed by atoms with Crippen molar-refractivity contribution in [2.75, 3.05) is 13.2 Å². The van der Waals surface area contributed by atoms with Crippen molar-refractivity contribution in [3.63, 3.8) is 0 Å². The molecular weight excluding hydrogens is 318 g/mol. The van der Waals surface area contributed by atoms with E-state index in [4.69, 9.17) is 9.26 Å². The number of likely N-dealkylation sites (tertiary alicyclic amines) is 1. The van der Waals surface area contributed by atoms with Crippen molar-refractivity contribution in [3.05, 3.63) is 47.6 Å². The third-order valence-corrected chi connectivity index (χ3v) is 4.83. The first kappa shape index (κ1) is 16.3. The molecule has 0 radical (unpaired) electrons. The van der Waals surface area contributed by atoms with Crippen molar-refractivity contribution in [3.8, 4) is 0 Å². The molecule has 1 aromatic heterocycles. The van der Waals surface area contributed by atoms with Crippen LogP contribution in [0, 0.1) is 0 Å². The van der Waals surface area contributed by atoms with Crippen LogP contribution < -0.4 is 0 Å². The molecule has 0 spiro atoms. The van der Waals surface area contributed by atoms with Crippen molar-refractivity contribution < 1.29 is 14.1 Å². The number of hydrogen-bond acceptors (Lipinski definition) is 5. The maximum atomic E-state index is 12.6. The zero-order valence-corrected chi connectivity index (χ0v) is 14.3. The maximum Gasteiger partial charge on any atom is 0.229 e. The third-order valence-electron chi connectivity index (χ3n) is 4.83. The van der Waals surface area contributed by atoms with Crippen molar-refractivity contribution in [1.29, 1.82) is 0 Å². The third kappa shape index (κ3) is 3.90. The summed E-state index contributed by atoms with van der Waals surface area (Å²) in [5, 5.41) is 4.12. The predicted molar refractivity (Wildman–Crippen MR) is 90.7 cm³/mol. The average molecular weight is 341 g/mol. The van der Waals surface area contributed by atoms with E-state index in [9.17, 15) is 4.79 Å². The lowest BCUT2D eigenvalue weighted by Gasteiger charge is -2.22. The van der Waals surface area contributed by atoms with Crippen LogP contribution >= 0.6 is 0 Å². The van der Waals surface area contributed by atoms with Gasteiger partial charge in [0.1, 0.15) is 0 Å². The summed E-state index contributed by atoms with van der Waals surface area (Å²) in [6.07, 6.45) is 4.53. The molecule has 4 rings (SSSR count). The van der Waals surface area contributed by atoms with E-state index in [0.717, 1.165) is 43.7 Å². The highest BCUT2D eigenvalue weighted by molar-refractivity contribution is 5.77. The van der Waals surface area contributed by atoms with Crippen LogP contribution in [0.4, 0.5) is 0 Å². The standard InChI is InChI=1S/C19H23N3O3/c23-17(10-12-24-13-14-5-2-1-3-6-14)22-11-4-7-16(22)18-20-19(25-21-18)15-8-9-15/h1-3,5-6,15-16H,4,7-13H2/t16-/m0/s1. The number of carbonyl (C=O) groups is 1. The quantitative estimate of drug-likeness (QED) is 0.723. The van der Waals surface area contributed by atoms with E-state index < -0.39 is 0 Å². The highest BCUT2D eigenvalue weighted by Gasteiger charge is 2.35. The Kier molecular flexibility index (Phi) is 4.78. The van der Waals surface area contributed by atoms with Gasteiger partial charge in [-0.1, -0.05) is 35.5 Å². The molecule has 6 nitrogen and oxygen atoms in total. The monoisotopic (exact) mass is 341 g/mol. The molecule has 132 valence electrons. The first-order valence-electron chi connectivity index (χ1n) is 9.06. The molecule has 1 amide bonds. The largest absolute Gasteiger partial charge is 0.376 e. The molecule has 2 heterocycles. The summed E-state index contributed by atoms with van der Waals surface area (Å²) in [7, 11) is 0. The fourth-order valence-electron chi connectivity index (χ4n) is 3.28. The van der Waals surface area contributed by atoms with Gasteiger partial charge in [-0.25, -0.2) is 0 Å². The second kappa shape index (κ2) is 7.35. The van der Waals surface area contributed by atoms with Crippen LogP contribution in [0.2, 0.25) is 0 Å². The molecule has 6 heteroatoms. The Labute approximate surface area is 147 Å². The summed E-state index contributed by atoms with van der Waals surface area (Å²) in [6, 6.07) is 9.95. The molecule has 25 heavy (non-hydrogen) atoms. The average Bonchev–Trinajstić information content (AvgIpc) is 3.18. The van der Waals surface area contributed by atoms with Crippen LogP contribution in [0.1, 0.15) is 61.3 Å². The fraction of sp³-hybridized carbons (Fsp3) is 0.526. The first-order valence-corrected chi connectivity index (χ1v) is 9.06. The van der Waals surface area contributed by atoms with Crippen molar-refractivity contribution in [2.45, 2.75) is 50.7 Å². The number of hydrogen-bond donors (Lipinski definition) is 0. The fourth-order valence-corrected chi connectivity index (χ4v) is 3.28. The van der Waals surface area contributed by atoms with Crippen molar-refractivity contribution in [1.82, 2.24) is 15.0 Å². The van der Waals surface area contributed by atoms with E-state index in [-0.39, 0.29) is 11.9 Å². The molecular formula is C19H23N3O3. The molecule has 0 bridgehead atoms. The molecule has 1 atom stereocenters. The van der Waals surface area contributed by atoms with Crippen LogP contribution in [-0.2, 0) is 16.1 Å². The molecule has 1 aliphatic carbocycles. The molecule has 2 aromatic rings. The van der Waals surface area contributed by atoms with E-state index >= 15 is 0 Å². The van der Waals surface area contributed by atoms with Crippen molar-refractivity contribution in [2.24, 2.45) is 0 Å². The lowest BCUT2D eigenvalue weighted by Crippen LogP contribution is -2.31. The number of amides is 1. The Morgan fingerprint density at radius 2 is 2.08 bits per heavy atom. The number of benzene rings is 1. The van der Waals surface area contributed by atoms with E-state index in [2.05, 4.69) is 10.1 Å². The second-order valence-corrected chi connectivity index (χ2v) is 6.80. The van der Waals surface area contributed by atoms with Crippen LogP contribution in [0.5, 0.6) is 0 Å². The maximum absolute atomic E-state index is 12.6. The van der Waals surface area contributed by atoms with Gasteiger partial charge in [0.2, 0.25) is 11.8 Å². The van der Waals surface area contributed by atoms with Gasteiger partial charge in [-0.3, -0.25) is 4.79 Å². The topological polar surface area (TPSA) is 68.5 Å². The Balaban J connectivity index is 1.28. The van der Waals surface area contributed by atoms with Gasteiger partial charge in [0.25, 0.3) is 0 Å². The minimum atomic E-state index is -0.0436. The molecule has 0 unspecified atom stereocenters. The van der Waals surface area contributed by atoms with E-state index in [1.165, 1.54) is 0 Å². The zero-order valence-electron chi connectivity index (χ0n) is 14.3. The molecule has 0 N–H and O–H groups in total. The lowest BCUT2D eigenvalue weighted by atomic mass is 10.2. The number of carbonyl (C=O) groups excluding carboxylic acids is 1. The van der Waals surface area contributed by atoms with Crippen LogP contribution in [0.3, 0.4) is 0 Å². The Morgan fingerprint density at radius 1 is 1.24 bits per heavy atom. The van der Waals surface area contributed by atoms with Gasteiger partial charge >= 0.3 is 0 Å². The van der Waals surface area contributed by atoms with Gasteiger partial charge in [-0.05, 0) is 31.2 Å². The number of nitrogens with zero attached hydrogens (tertiary/aromatic N) is 3. The summed E-state index contributed by atoms with van der Waals surface area (Å²) in [4.78, 5) is 19.0. The smallest absolute Gasteiger partial charge is 0.229 e. The van der Waals surface area contributed by atoms with Crippen molar-refractivity contribution >= 4 is 5.91 Å². The number of rotatable bonds is 7. The second-order valence-electron chi connectivity index (χ2n) is 6.80. The number of aromatic nitrogens is 2. The Bertz CT molecular complexity index is 712. The van der Waals surface area contributed by atoms with Gasteiger partial charge in [0.15, 0.2) is 5.82 Å². The van der Waals surface area contributed by atoms with E-state index in [1.54, 1.807) is 0 Å². The molecule has 1 aliphatic heterocycles. The molecule has 1 saturated heterocycles. The van der Waals surface area contributed by atoms with Gasteiger partial charge in [0, 0.05) is 12.5 Å². The normalized spacial score (nSPS) is 20.2. The highest BCUT2D eigenvalue weighted by atomic mass is 16.5. The molecule has 2 fully saturated rings. The summed E-state index contributed by atoms with van der Waals surface area (Å²) >= 11 is 0. The lowest BCUT2D eigenvalue weighted by molar-refractivity contribution is -0.133. The SMILES string of the molecule is O=C(CCOCc1ccccc1)N1CCC[C@H]1c1noc(C2CC2)n1. The minimum absolute atomic E-state index is 0.0436. The molecule has 1 saturated carbocycles. The van der Waals surface area contributed by atoms with Crippen LogP contribution in [-0.4, -0.2) is 34.1 Å².